The Bertz CT molecular complexity index is 1000. The number of methoxy groups -OCH3 is 2. The van der Waals surface area contributed by atoms with Crippen molar-refractivity contribution in [2.75, 3.05) is 14.2 Å². The van der Waals surface area contributed by atoms with E-state index < -0.39 is 11.8 Å². The minimum atomic E-state index is -0.474. The van der Waals surface area contributed by atoms with Crippen LogP contribution < -0.4 is 20.3 Å². The Labute approximate surface area is 168 Å². The third-order valence-electron chi connectivity index (χ3n) is 4.13. The molecule has 3 rings (SSSR count). The minimum absolute atomic E-state index is 0.418. The lowest BCUT2D eigenvalue weighted by Gasteiger charge is -2.11. The third-order valence-corrected chi connectivity index (χ3v) is 4.13. The van der Waals surface area contributed by atoms with Gasteiger partial charge < -0.3 is 14.0 Å². The van der Waals surface area contributed by atoms with Crippen molar-refractivity contribution in [3.05, 3.63) is 84.2 Å². The van der Waals surface area contributed by atoms with Crippen LogP contribution in [0.4, 0.5) is 0 Å². The molecule has 2 N–H and O–H groups in total. The maximum Gasteiger partial charge on any atom is 0.271 e. The maximum atomic E-state index is 12.5. The summed E-state index contributed by atoms with van der Waals surface area (Å²) in [5.74, 6) is 0.330. The van der Waals surface area contributed by atoms with Crippen LogP contribution in [0, 0.1) is 0 Å². The summed E-state index contributed by atoms with van der Waals surface area (Å²) in [6, 6.07) is 16.1. The zero-order chi connectivity index (χ0) is 20.6. The first kappa shape index (κ1) is 19.8. The fourth-order valence-electron chi connectivity index (χ4n) is 2.71. The van der Waals surface area contributed by atoms with Gasteiger partial charge in [-0.05, 0) is 48.0 Å². The highest BCUT2D eigenvalue weighted by Crippen LogP contribution is 2.23. The summed E-state index contributed by atoms with van der Waals surface area (Å²) in [7, 11) is 3.10. The molecule has 1 heterocycles. The number of aromatic nitrogens is 1. The molecule has 0 spiro atoms. The van der Waals surface area contributed by atoms with Crippen LogP contribution in [-0.4, -0.2) is 30.6 Å². The molecule has 0 fully saturated rings. The van der Waals surface area contributed by atoms with Gasteiger partial charge in [0.15, 0.2) is 0 Å². The number of hydrogen-bond acceptors (Lipinski definition) is 4. The van der Waals surface area contributed by atoms with E-state index in [1.54, 1.807) is 50.6 Å². The number of para-hydroxylation sites is 1. The zero-order valence-electron chi connectivity index (χ0n) is 16.1. The second-order valence-electron chi connectivity index (χ2n) is 6.03. The molecule has 148 valence electrons. The van der Waals surface area contributed by atoms with E-state index in [9.17, 15) is 9.59 Å². The van der Waals surface area contributed by atoms with Crippen LogP contribution in [0.3, 0.4) is 0 Å². The molecule has 0 atom stereocenters. The van der Waals surface area contributed by atoms with E-state index in [1.807, 2.05) is 41.2 Å². The molecule has 2 aromatic carbocycles. The molecule has 29 heavy (non-hydrogen) atoms. The van der Waals surface area contributed by atoms with Gasteiger partial charge in [-0.1, -0.05) is 12.1 Å². The number of hydrazine groups is 1. The molecule has 0 saturated heterocycles. The Morgan fingerprint density at radius 1 is 0.897 bits per heavy atom. The highest BCUT2D eigenvalue weighted by Gasteiger charge is 2.12. The number of carbonyl (C=O) groups excluding carboxylic acids is 2. The van der Waals surface area contributed by atoms with Crippen LogP contribution in [0.15, 0.2) is 73.1 Å². The quantitative estimate of drug-likeness (QED) is 0.500. The van der Waals surface area contributed by atoms with E-state index in [4.69, 9.17) is 9.47 Å². The van der Waals surface area contributed by atoms with Crippen LogP contribution in [0.5, 0.6) is 11.5 Å². The van der Waals surface area contributed by atoms with Gasteiger partial charge in [0.05, 0.1) is 25.5 Å². The van der Waals surface area contributed by atoms with Crippen molar-refractivity contribution in [3.8, 4) is 17.2 Å². The van der Waals surface area contributed by atoms with E-state index in [2.05, 4.69) is 10.9 Å². The van der Waals surface area contributed by atoms with Crippen LogP contribution in [-0.2, 0) is 4.79 Å². The number of nitrogens with zero attached hydrogens (tertiary/aromatic N) is 1. The lowest BCUT2D eigenvalue weighted by molar-refractivity contribution is -0.117. The molecule has 0 aliphatic heterocycles. The predicted molar refractivity (Wildman–Crippen MR) is 110 cm³/mol. The molecule has 2 amide bonds. The lowest BCUT2D eigenvalue weighted by atomic mass is 10.1. The maximum absolute atomic E-state index is 12.5. The summed E-state index contributed by atoms with van der Waals surface area (Å²) in [6.45, 7) is 0. The smallest absolute Gasteiger partial charge is 0.271 e. The number of ether oxygens (including phenoxy) is 2. The topological polar surface area (TPSA) is 81.6 Å². The average molecular weight is 391 g/mol. The van der Waals surface area contributed by atoms with Gasteiger partial charge in [0.2, 0.25) is 0 Å². The second-order valence-corrected chi connectivity index (χ2v) is 6.03. The van der Waals surface area contributed by atoms with E-state index in [1.165, 1.54) is 6.08 Å². The minimum Gasteiger partial charge on any atom is -0.497 e. The number of rotatable bonds is 6. The van der Waals surface area contributed by atoms with Gasteiger partial charge >= 0.3 is 0 Å². The summed E-state index contributed by atoms with van der Waals surface area (Å²) in [6.07, 6.45) is 6.60. The average Bonchev–Trinajstić information content (AvgIpc) is 3.30. The predicted octanol–water partition coefficient (Wildman–Crippen LogP) is 2.97. The molecule has 1 aromatic heterocycles. The van der Waals surface area contributed by atoms with Gasteiger partial charge in [0.1, 0.15) is 11.5 Å². The molecule has 0 aliphatic rings. The summed E-state index contributed by atoms with van der Waals surface area (Å²) in [4.78, 5) is 24.6. The number of benzene rings is 2. The van der Waals surface area contributed by atoms with Crippen molar-refractivity contribution in [2.45, 2.75) is 0 Å². The molecule has 0 bridgehead atoms. The lowest BCUT2D eigenvalue weighted by Crippen LogP contribution is -2.41. The molecule has 7 heteroatoms. The highest BCUT2D eigenvalue weighted by atomic mass is 16.5. The number of nitrogens with one attached hydrogen (secondary N) is 2. The van der Waals surface area contributed by atoms with Gasteiger partial charge in [-0.25, -0.2) is 0 Å². The molecule has 0 radical (unpaired) electrons. The van der Waals surface area contributed by atoms with Gasteiger partial charge in [0.25, 0.3) is 11.8 Å². The Hall–Kier alpha value is -4.00. The standard InChI is InChI=1S/C22H21N3O4/c1-28-17-13-16(14-18(15-17)29-2)9-10-21(26)23-24-22(27)19-7-3-4-8-20(19)25-11-5-6-12-25/h3-15H,1-2H3,(H,23,26)(H,24,27)/b10-9+. The number of amides is 2. The van der Waals surface area contributed by atoms with Crippen molar-refractivity contribution in [1.29, 1.82) is 0 Å². The van der Waals surface area contributed by atoms with Crippen molar-refractivity contribution in [2.24, 2.45) is 0 Å². The number of hydrogen-bond donors (Lipinski definition) is 2. The highest BCUT2D eigenvalue weighted by molar-refractivity contribution is 6.00. The van der Waals surface area contributed by atoms with Gasteiger partial charge in [-0.3, -0.25) is 20.4 Å². The fourth-order valence-corrected chi connectivity index (χ4v) is 2.71. The Morgan fingerprint density at radius 2 is 1.55 bits per heavy atom. The zero-order valence-corrected chi connectivity index (χ0v) is 16.1. The van der Waals surface area contributed by atoms with E-state index in [-0.39, 0.29) is 0 Å². The van der Waals surface area contributed by atoms with Crippen molar-refractivity contribution >= 4 is 17.9 Å². The largest absolute Gasteiger partial charge is 0.497 e. The normalized spacial score (nSPS) is 10.6. The molecular weight excluding hydrogens is 370 g/mol. The summed E-state index contributed by atoms with van der Waals surface area (Å²) in [5.41, 5.74) is 6.68. The first-order valence-corrected chi connectivity index (χ1v) is 8.84. The monoisotopic (exact) mass is 391 g/mol. The van der Waals surface area contributed by atoms with E-state index in [0.29, 0.717) is 22.7 Å². The second kappa shape index (κ2) is 9.27. The van der Waals surface area contributed by atoms with Gasteiger partial charge in [0, 0.05) is 24.5 Å². The summed E-state index contributed by atoms with van der Waals surface area (Å²) >= 11 is 0. The first-order chi connectivity index (χ1) is 14.1. The Kier molecular flexibility index (Phi) is 6.32. The molecule has 0 saturated carbocycles. The van der Waals surface area contributed by atoms with Crippen LogP contribution >= 0.6 is 0 Å². The van der Waals surface area contributed by atoms with Gasteiger partial charge in [-0.2, -0.15) is 0 Å². The van der Waals surface area contributed by atoms with Crippen LogP contribution in [0.25, 0.3) is 11.8 Å². The van der Waals surface area contributed by atoms with E-state index in [0.717, 1.165) is 5.56 Å². The van der Waals surface area contributed by atoms with Crippen molar-refractivity contribution < 1.29 is 19.1 Å². The number of carbonyl (C=O) groups is 2. The first-order valence-electron chi connectivity index (χ1n) is 8.84. The van der Waals surface area contributed by atoms with Crippen molar-refractivity contribution in [3.63, 3.8) is 0 Å². The van der Waals surface area contributed by atoms with Crippen molar-refractivity contribution in [1.82, 2.24) is 15.4 Å². The Morgan fingerprint density at radius 3 is 2.21 bits per heavy atom. The molecular formula is C22H21N3O4. The van der Waals surface area contributed by atoms with Crippen LogP contribution in [0.1, 0.15) is 15.9 Å². The SMILES string of the molecule is COc1cc(/C=C/C(=O)NNC(=O)c2ccccc2-n2cccc2)cc(OC)c1. The fraction of sp³-hybridized carbons (Fsp3) is 0.0909. The van der Waals surface area contributed by atoms with Gasteiger partial charge in [-0.15, -0.1) is 0 Å². The molecule has 7 nitrogen and oxygen atoms in total. The Balaban J connectivity index is 1.64. The molecule has 0 aliphatic carbocycles. The summed E-state index contributed by atoms with van der Waals surface area (Å²) in [5, 5.41) is 0. The molecule has 3 aromatic rings. The molecule has 0 unspecified atom stereocenters. The summed E-state index contributed by atoms with van der Waals surface area (Å²) < 4.78 is 12.2. The van der Waals surface area contributed by atoms with E-state index >= 15 is 0 Å². The van der Waals surface area contributed by atoms with Crippen LogP contribution in [0.2, 0.25) is 0 Å². The third kappa shape index (κ3) is 5.04.